The van der Waals surface area contributed by atoms with E-state index in [9.17, 15) is 4.79 Å². The summed E-state index contributed by atoms with van der Waals surface area (Å²) in [6.45, 7) is 4.22. The van der Waals surface area contributed by atoms with Gasteiger partial charge in [0.2, 0.25) is 0 Å². The van der Waals surface area contributed by atoms with Crippen LogP contribution in [0.25, 0.3) is 0 Å². The molecule has 6 nitrogen and oxygen atoms in total. The van der Waals surface area contributed by atoms with E-state index in [4.69, 9.17) is 0 Å². The molecule has 1 saturated carbocycles. The molecule has 2 aliphatic rings. The Balaban J connectivity index is 1.56. The van der Waals surface area contributed by atoms with Crippen molar-refractivity contribution in [2.75, 3.05) is 6.54 Å². The van der Waals surface area contributed by atoms with E-state index in [1.54, 1.807) is 10.9 Å². The van der Waals surface area contributed by atoms with E-state index in [2.05, 4.69) is 15.3 Å². The van der Waals surface area contributed by atoms with Gasteiger partial charge in [-0.2, -0.15) is 10.2 Å². The summed E-state index contributed by atoms with van der Waals surface area (Å²) in [5.74, 6) is 0.686. The molecule has 110 valence electrons. The number of H-pyrrole nitrogens is 1. The van der Waals surface area contributed by atoms with Crippen LogP contribution in [0.4, 0.5) is 0 Å². The van der Waals surface area contributed by atoms with Gasteiger partial charge in [-0.3, -0.25) is 14.6 Å². The van der Waals surface area contributed by atoms with Crippen molar-refractivity contribution in [3.8, 4) is 0 Å². The molecule has 1 amide bonds. The lowest BCUT2D eigenvalue weighted by molar-refractivity contribution is 0.0733. The highest BCUT2D eigenvalue weighted by Gasteiger charge is 2.33. The smallest absolute Gasteiger partial charge is 0.257 e. The number of aryl methyl sites for hydroxylation is 1. The Morgan fingerprint density at radius 2 is 2.33 bits per heavy atom. The molecule has 0 atom stereocenters. The third kappa shape index (κ3) is 2.14. The van der Waals surface area contributed by atoms with E-state index in [1.165, 1.54) is 29.8 Å². The van der Waals surface area contributed by atoms with Crippen molar-refractivity contribution < 1.29 is 4.79 Å². The van der Waals surface area contributed by atoms with E-state index in [0.29, 0.717) is 18.0 Å². The summed E-state index contributed by atoms with van der Waals surface area (Å²) in [6, 6.07) is 0. The molecule has 1 aliphatic heterocycles. The van der Waals surface area contributed by atoms with Crippen molar-refractivity contribution in [3.05, 3.63) is 34.9 Å². The molecule has 1 fully saturated rings. The third-order valence-corrected chi connectivity index (χ3v) is 4.42. The van der Waals surface area contributed by atoms with Crippen LogP contribution in [0.15, 0.2) is 12.4 Å². The molecule has 2 aromatic rings. The number of carbonyl (C=O) groups excluding carboxylic acids is 1. The van der Waals surface area contributed by atoms with Gasteiger partial charge >= 0.3 is 0 Å². The van der Waals surface area contributed by atoms with Crippen LogP contribution in [-0.4, -0.2) is 37.3 Å². The van der Waals surface area contributed by atoms with Crippen molar-refractivity contribution in [1.82, 2.24) is 24.9 Å². The molecule has 6 heteroatoms. The Kier molecular flexibility index (Phi) is 2.83. The van der Waals surface area contributed by atoms with Gasteiger partial charge in [0.25, 0.3) is 5.91 Å². The molecule has 0 saturated heterocycles. The third-order valence-electron chi connectivity index (χ3n) is 4.42. The fourth-order valence-corrected chi connectivity index (χ4v) is 3.01. The minimum absolute atomic E-state index is 0.0725. The number of nitrogens with zero attached hydrogens (tertiary/aromatic N) is 4. The quantitative estimate of drug-likeness (QED) is 0.933. The first-order valence-electron chi connectivity index (χ1n) is 7.64. The summed E-state index contributed by atoms with van der Waals surface area (Å²) in [5.41, 5.74) is 4.33. The Morgan fingerprint density at radius 3 is 3.05 bits per heavy atom. The van der Waals surface area contributed by atoms with Gasteiger partial charge in [-0.25, -0.2) is 0 Å². The van der Waals surface area contributed by atoms with Crippen molar-refractivity contribution >= 4 is 5.91 Å². The van der Waals surface area contributed by atoms with E-state index in [-0.39, 0.29) is 5.91 Å². The Hall–Kier alpha value is -2.11. The fraction of sp³-hybridized carbons (Fsp3) is 0.533. The average molecular weight is 285 g/mol. The van der Waals surface area contributed by atoms with Crippen molar-refractivity contribution in [3.63, 3.8) is 0 Å². The highest BCUT2D eigenvalue weighted by atomic mass is 16.2. The lowest BCUT2D eigenvalue weighted by Crippen LogP contribution is -2.35. The van der Waals surface area contributed by atoms with Crippen LogP contribution in [0.1, 0.15) is 53.0 Å². The van der Waals surface area contributed by atoms with Gasteiger partial charge in [0.05, 0.1) is 17.5 Å². The Labute approximate surface area is 123 Å². The Morgan fingerprint density at radius 1 is 1.48 bits per heavy atom. The lowest BCUT2D eigenvalue weighted by atomic mass is 10.0. The van der Waals surface area contributed by atoms with Crippen molar-refractivity contribution in [2.45, 2.75) is 45.2 Å². The monoisotopic (exact) mass is 285 g/mol. The largest absolute Gasteiger partial charge is 0.334 e. The molecule has 0 aromatic carbocycles. The SMILES string of the molecule is CCn1cc(C(=O)N2CCc3[nH]nc(C4CC4)c3C2)cn1. The summed E-state index contributed by atoms with van der Waals surface area (Å²) >= 11 is 0. The number of nitrogens with one attached hydrogen (secondary N) is 1. The van der Waals surface area contributed by atoms with Gasteiger partial charge in [-0.15, -0.1) is 0 Å². The Bertz CT molecular complexity index is 682. The van der Waals surface area contributed by atoms with Gasteiger partial charge in [0.15, 0.2) is 0 Å². The van der Waals surface area contributed by atoms with Gasteiger partial charge in [-0.1, -0.05) is 0 Å². The van der Waals surface area contributed by atoms with Gasteiger partial charge in [-0.05, 0) is 19.8 Å². The average Bonchev–Trinajstić information content (AvgIpc) is 3.10. The van der Waals surface area contributed by atoms with Crippen LogP contribution in [-0.2, 0) is 19.5 Å². The number of aromatic amines is 1. The first-order valence-corrected chi connectivity index (χ1v) is 7.64. The second-order valence-corrected chi connectivity index (χ2v) is 5.90. The maximum Gasteiger partial charge on any atom is 0.257 e. The van der Waals surface area contributed by atoms with Crippen molar-refractivity contribution in [1.29, 1.82) is 0 Å². The molecular formula is C15H19N5O. The topological polar surface area (TPSA) is 66.8 Å². The van der Waals surface area contributed by atoms with Crippen LogP contribution >= 0.6 is 0 Å². The summed E-state index contributed by atoms with van der Waals surface area (Å²) < 4.78 is 1.79. The second kappa shape index (κ2) is 4.72. The maximum absolute atomic E-state index is 12.6. The molecule has 0 radical (unpaired) electrons. The number of amides is 1. The zero-order valence-electron chi connectivity index (χ0n) is 12.2. The van der Waals surface area contributed by atoms with E-state index >= 15 is 0 Å². The lowest BCUT2D eigenvalue weighted by Gasteiger charge is -2.26. The standard InChI is InChI=1S/C15H19N5O/c1-2-20-8-11(7-16-20)15(21)19-6-5-13-12(9-19)14(18-17-13)10-3-4-10/h7-8,10H,2-6,9H2,1H3,(H,17,18). The normalized spacial score (nSPS) is 17.9. The van der Waals surface area contributed by atoms with Gasteiger partial charge in [0, 0.05) is 49.4 Å². The summed E-state index contributed by atoms with van der Waals surface area (Å²) in [6.07, 6.45) is 6.82. The second-order valence-electron chi connectivity index (χ2n) is 5.90. The predicted octanol–water partition coefficient (Wildman–Crippen LogP) is 1.70. The fourth-order valence-electron chi connectivity index (χ4n) is 3.01. The van der Waals surface area contributed by atoms with Gasteiger partial charge < -0.3 is 4.90 Å². The summed E-state index contributed by atoms with van der Waals surface area (Å²) in [7, 11) is 0. The minimum atomic E-state index is 0.0725. The predicted molar refractivity (Wildman–Crippen MR) is 76.9 cm³/mol. The van der Waals surface area contributed by atoms with Crippen molar-refractivity contribution in [2.24, 2.45) is 0 Å². The van der Waals surface area contributed by atoms with Crippen LogP contribution in [0.3, 0.4) is 0 Å². The molecular weight excluding hydrogens is 266 g/mol. The van der Waals surface area contributed by atoms with Gasteiger partial charge in [0.1, 0.15) is 0 Å². The van der Waals surface area contributed by atoms with E-state index < -0.39 is 0 Å². The first kappa shape index (κ1) is 12.6. The number of rotatable bonds is 3. The summed E-state index contributed by atoms with van der Waals surface area (Å²) in [5, 5.41) is 11.8. The first-order chi connectivity index (χ1) is 10.3. The number of hydrogen-bond acceptors (Lipinski definition) is 3. The molecule has 2 aromatic heterocycles. The molecule has 3 heterocycles. The molecule has 1 aliphatic carbocycles. The minimum Gasteiger partial charge on any atom is -0.334 e. The van der Waals surface area contributed by atoms with Crippen LogP contribution in [0, 0.1) is 0 Å². The number of aromatic nitrogens is 4. The maximum atomic E-state index is 12.6. The molecule has 0 unspecified atom stereocenters. The summed E-state index contributed by atoms with van der Waals surface area (Å²) in [4.78, 5) is 14.5. The highest BCUT2D eigenvalue weighted by Crippen LogP contribution is 2.42. The van der Waals surface area contributed by atoms with Crippen LogP contribution in [0.2, 0.25) is 0 Å². The molecule has 0 bridgehead atoms. The number of fused-ring (bicyclic) bond motifs is 1. The number of hydrogen-bond donors (Lipinski definition) is 1. The highest BCUT2D eigenvalue weighted by molar-refractivity contribution is 5.93. The van der Waals surface area contributed by atoms with Crippen LogP contribution in [0.5, 0.6) is 0 Å². The zero-order chi connectivity index (χ0) is 14.4. The van der Waals surface area contributed by atoms with E-state index in [1.807, 2.05) is 18.0 Å². The van der Waals surface area contributed by atoms with E-state index in [0.717, 1.165) is 19.5 Å². The molecule has 21 heavy (non-hydrogen) atoms. The zero-order valence-corrected chi connectivity index (χ0v) is 12.2. The molecule has 1 N–H and O–H groups in total. The van der Waals surface area contributed by atoms with Crippen LogP contribution < -0.4 is 0 Å². The molecule has 4 rings (SSSR count). The number of carbonyl (C=O) groups is 1. The molecule has 0 spiro atoms.